The Kier molecular flexibility index (Phi) is 8.59. The van der Waals surface area contributed by atoms with Gasteiger partial charge < -0.3 is 19.3 Å². The van der Waals surface area contributed by atoms with Gasteiger partial charge in [-0.3, -0.25) is 14.5 Å². The number of nitrogens with zero attached hydrogens (tertiary/aromatic N) is 1. The summed E-state index contributed by atoms with van der Waals surface area (Å²) in [7, 11) is 0. The van der Waals surface area contributed by atoms with Crippen molar-refractivity contribution in [1.29, 1.82) is 0 Å². The van der Waals surface area contributed by atoms with Gasteiger partial charge in [-0.2, -0.15) is 0 Å². The summed E-state index contributed by atoms with van der Waals surface area (Å²) in [6.07, 6.45) is 0. The van der Waals surface area contributed by atoms with E-state index in [2.05, 4.69) is 13.8 Å². The number of aliphatic hydroxyl groups is 1. The predicted octanol–water partition coefficient (Wildman–Crippen LogP) is 6.45. The molecule has 1 heterocycles. The molecule has 1 unspecified atom stereocenters. The van der Waals surface area contributed by atoms with Crippen molar-refractivity contribution in [2.75, 3.05) is 24.7 Å². The fraction of sp³-hybridized carbons (Fsp3) is 0.312. The van der Waals surface area contributed by atoms with E-state index in [9.17, 15) is 14.7 Å². The maximum Gasteiger partial charge on any atom is 0.300 e. The van der Waals surface area contributed by atoms with E-state index in [4.69, 9.17) is 14.2 Å². The molecular formula is C32H35NO6. The molecule has 1 saturated heterocycles. The molecular weight excluding hydrogens is 494 g/mol. The van der Waals surface area contributed by atoms with Gasteiger partial charge in [-0.25, -0.2) is 0 Å². The number of ether oxygens (including phenoxy) is 3. The Bertz CT molecular complexity index is 1380. The highest BCUT2D eigenvalue weighted by Crippen LogP contribution is 2.43. The number of anilines is 1. The second kappa shape index (κ2) is 12.1. The van der Waals surface area contributed by atoms with Crippen molar-refractivity contribution >= 4 is 23.1 Å². The molecule has 0 spiro atoms. The number of aryl methyl sites for hydroxylation is 1. The second-order valence-electron chi connectivity index (χ2n) is 9.79. The van der Waals surface area contributed by atoms with Gasteiger partial charge in [0, 0.05) is 17.3 Å². The molecule has 39 heavy (non-hydrogen) atoms. The summed E-state index contributed by atoms with van der Waals surface area (Å²) in [5.41, 5.74) is 2.42. The molecule has 7 heteroatoms. The maximum absolute atomic E-state index is 13.5. The molecule has 7 nitrogen and oxygen atoms in total. The van der Waals surface area contributed by atoms with E-state index >= 15 is 0 Å². The number of hydrogen-bond donors (Lipinski definition) is 1. The smallest absolute Gasteiger partial charge is 0.300 e. The summed E-state index contributed by atoms with van der Waals surface area (Å²) in [6.45, 7) is 11.3. The van der Waals surface area contributed by atoms with Crippen molar-refractivity contribution in [3.63, 3.8) is 0 Å². The fourth-order valence-electron chi connectivity index (χ4n) is 4.59. The van der Waals surface area contributed by atoms with Crippen molar-refractivity contribution < 1.29 is 28.9 Å². The number of rotatable bonds is 10. The van der Waals surface area contributed by atoms with Crippen LogP contribution < -0.4 is 19.1 Å². The van der Waals surface area contributed by atoms with Crippen molar-refractivity contribution in [2.45, 2.75) is 40.7 Å². The third-order valence-corrected chi connectivity index (χ3v) is 6.38. The lowest BCUT2D eigenvalue weighted by Crippen LogP contribution is -2.29. The van der Waals surface area contributed by atoms with Crippen LogP contribution in [-0.2, 0) is 9.59 Å². The van der Waals surface area contributed by atoms with Gasteiger partial charge in [0.1, 0.15) is 23.0 Å². The van der Waals surface area contributed by atoms with Crippen LogP contribution in [0.3, 0.4) is 0 Å². The quantitative estimate of drug-likeness (QED) is 0.184. The second-order valence-corrected chi connectivity index (χ2v) is 9.79. The average Bonchev–Trinajstić information content (AvgIpc) is 3.18. The summed E-state index contributed by atoms with van der Waals surface area (Å²) in [5, 5.41) is 11.5. The molecule has 0 aromatic heterocycles. The van der Waals surface area contributed by atoms with Crippen molar-refractivity contribution in [1.82, 2.24) is 0 Å². The van der Waals surface area contributed by atoms with E-state index in [0.717, 1.165) is 5.56 Å². The first-order chi connectivity index (χ1) is 18.7. The van der Waals surface area contributed by atoms with Gasteiger partial charge in [-0.05, 0) is 80.3 Å². The zero-order valence-electron chi connectivity index (χ0n) is 23.1. The summed E-state index contributed by atoms with van der Waals surface area (Å²) < 4.78 is 17.1. The van der Waals surface area contributed by atoms with E-state index < -0.39 is 17.7 Å². The van der Waals surface area contributed by atoms with Gasteiger partial charge in [0.2, 0.25) is 0 Å². The van der Waals surface area contributed by atoms with Crippen LogP contribution in [0.4, 0.5) is 5.69 Å². The monoisotopic (exact) mass is 529 g/mol. The van der Waals surface area contributed by atoms with Crippen LogP contribution in [0.25, 0.3) is 5.76 Å². The van der Waals surface area contributed by atoms with Gasteiger partial charge >= 0.3 is 0 Å². The molecule has 204 valence electrons. The zero-order chi connectivity index (χ0) is 28.1. The van der Waals surface area contributed by atoms with E-state index in [1.165, 1.54) is 4.90 Å². The first-order valence-electron chi connectivity index (χ1n) is 13.3. The maximum atomic E-state index is 13.5. The Morgan fingerprint density at radius 1 is 0.897 bits per heavy atom. The molecule has 1 atom stereocenters. The number of ketones is 1. The van der Waals surface area contributed by atoms with Crippen molar-refractivity contribution in [3.05, 3.63) is 89.0 Å². The minimum absolute atomic E-state index is 0.0150. The van der Waals surface area contributed by atoms with Crippen LogP contribution in [-0.4, -0.2) is 36.6 Å². The average molecular weight is 530 g/mol. The van der Waals surface area contributed by atoms with Crippen LogP contribution in [0.5, 0.6) is 17.2 Å². The van der Waals surface area contributed by atoms with Crippen molar-refractivity contribution in [2.24, 2.45) is 5.92 Å². The Balaban J connectivity index is 1.84. The molecule has 3 aromatic carbocycles. The zero-order valence-corrected chi connectivity index (χ0v) is 23.1. The molecule has 1 amide bonds. The largest absolute Gasteiger partial charge is 0.507 e. The fourth-order valence-corrected chi connectivity index (χ4v) is 4.59. The molecule has 1 N–H and O–H groups in total. The number of amides is 1. The Morgan fingerprint density at radius 3 is 2.23 bits per heavy atom. The van der Waals surface area contributed by atoms with Crippen LogP contribution in [0.2, 0.25) is 0 Å². The van der Waals surface area contributed by atoms with Gasteiger partial charge in [0.15, 0.2) is 0 Å². The molecule has 0 radical (unpaired) electrons. The number of benzene rings is 3. The van der Waals surface area contributed by atoms with Gasteiger partial charge in [0.25, 0.3) is 11.7 Å². The molecule has 0 saturated carbocycles. The highest BCUT2D eigenvalue weighted by atomic mass is 16.5. The number of Topliss-reactive ketones (excluding diaryl/α,β-unsaturated/α-hetero) is 1. The molecule has 4 rings (SSSR count). The lowest BCUT2D eigenvalue weighted by molar-refractivity contribution is -0.132. The van der Waals surface area contributed by atoms with Crippen LogP contribution >= 0.6 is 0 Å². The minimum Gasteiger partial charge on any atom is -0.507 e. The lowest BCUT2D eigenvalue weighted by atomic mass is 9.94. The first kappa shape index (κ1) is 27.8. The summed E-state index contributed by atoms with van der Waals surface area (Å²) in [5.74, 6) is 0.595. The lowest BCUT2D eigenvalue weighted by Gasteiger charge is -2.26. The topological polar surface area (TPSA) is 85.3 Å². The predicted molar refractivity (Wildman–Crippen MR) is 152 cm³/mol. The van der Waals surface area contributed by atoms with Crippen LogP contribution in [0.1, 0.15) is 50.4 Å². The van der Waals surface area contributed by atoms with E-state index in [1.54, 1.807) is 54.6 Å². The van der Waals surface area contributed by atoms with Gasteiger partial charge in [-0.15, -0.1) is 0 Å². The van der Waals surface area contributed by atoms with E-state index in [1.807, 2.05) is 32.9 Å². The third-order valence-electron chi connectivity index (χ3n) is 6.38. The molecule has 0 bridgehead atoms. The highest BCUT2D eigenvalue weighted by Gasteiger charge is 2.47. The summed E-state index contributed by atoms with van der Waals surface area (Å²) >= 11 is 0. The Morgan fingerprint density at radius 2 is 1.59 bits per heavy atom. The van der Waals surface area contributed by atoms with Gasteiger partial charge in [-0.1, -0.05) is 32.0 Å². The molecule has 1 aliphatic rings. The molecule has 1 aliphatic heterocycles. The van der Waals surface area contributed by atoms with E-state index in [0.29, 0.717) is 59.8 Å². The molecule has 3 aromatic rings. The van der Waals surface area contributed by atoms with Crippen molar-refractivity contribution in [3.8, 4) is 17.2 Å². The number of aliphatic hydroxyl groups excluding tert-OH is 1. The Labute approximate surface area is 229 Å². The number of carbonyl (C=O) groups excluding carboxylic acids is 2. The number of carbonyl (C=O) groups is 2. The summed E-state index contributed by atoms with van der Waals surface area (Å²) in [6, 6.07) is 18.6. The third kappa shape index (κ3) is 5.93. The van der Waals surface area contributed by atoms with Crippen LogP contribution in [0.15, 0.2) is 72.3 Å². The summed E-state index contributed by atoms with van der Waals surface area (Å²) in [4.78, 5) is 28.4. The molecule has 1 fully saturated rings. The normalized spacial score (nSPS) is 16.6. The standard InChI is InChI=1S/C32H35NO6/c1-6-37-25-14-11-22(12-15-25)29-28(30(34)23-13-16-27(21(5)17-23)39-19-20(3)4)31(35)32(36)33(29)24-9-8-10-26(18-24)38-7-2/h8-18,20,29,34H,6-7,19H2,1-5H3/b30-28+. The van der Waals surface area contributed by atoms with E-state index in [-0.39, 0.29) is 11.3 Å². The van der Waals surface area contributed by atoms with Gasteiger partial charge in [0.05, 0.1) is 31.4 Å². The number of hydrogen-bond acceptors (Lipinski definition) is 6. The Hall–Kier alpha value is -4.26. The highest BCUT2D eigenvalue weighted by molar-refractivity contribution is 6.51. The molecule has 0 aliphatic carbocycles. The minimum atomic E-state index is -0.852. The SMILES string of the molecule is CCOc1ccc(C2/C(=C(\O)c3ccc(OCC(C)C)c(C)c3)C(=O)C(=O)N2c2cccc(OCC)c2)cc1. The first-order valence-corrected chi connectivity index (χ1v) is 13.3. The van der Waals surface area contributed by atoms with Crippen LogP contribution in [0, 0.1) is 12.8 Å².